The zero-order valence-corrected chi connectivity index (χ0v) is 22.4. The number of nitrogens with one attached hydrogen (secondary N) is 3. The Balaban J connectivity index is 0.00000385. The van der Waals surface area contributed by atoms with Crippen LogP contribution < -0.4 is 16.0 Å². The fourth-order valence-electron chi connectivity index (χ4n) is 3.74. The van der Waals surface area contributed by atoms with Gasteiger partial charge in [0.05, 0.1) is 18.3 Å². The van der Waals surface area contributed by atoms with Crippen molar-refractivity contribution in [3.8, 4) is 0 Å². The highest BCUT2D eigenvalue weighted by molar-refractivity contribution is 14.0. The molecule has 0 aliphatic heterocycles. The molecular formula is C24H37IN6O2. The Labute approximate surface area is 214 Å². The molecule has 3 N–H and O–H groups in total. The fourth-order valence-corrected chi connectivity index (χ4v) is 3.74. The monoisotopic (exact) mass is 568 g/mol. The molecule has 2 aromatic rings. The molecule has 9 heteroatoms. The first kappa shape index (κ1) is 26.9. The van der Waals surface area contributed by atoms with Crippen molar-refractivity contribution in [2.45, 2.75) is 71.1 Å². The summed E-state index contributed by atoms with van der Waals surface area (Å²) >= 11 is 0. The van der Waals surface area contributed by atoms with Gasteiger partial charge in [-0.2, -0.15) is 5.10 Å². The predicted octanol–water partition coefficient (Wildman–Crippen LogP) is 4.87. The number of guanidine groups is 1. The van der Waals surface area contributed by atoms with Crippen molar-refractivity contribution in [3.63, 3.8) is 0 Å². The number of halogens is 1. The highest BCUT2D eigenvalue weighted by Crippen LogP contribution is 2.28. The molecule has 0 bridgehead atoms. The Morgan fingerprint density at radius 3 is 2.48 bits per heavy atom. The van der Waals surface area contributed by atoms with E-state index in [9.17, 15) is 4.79 Å². The normalized spacial score (nSPS) is 14.5. The van der Waals surface area contributed by atoms with Crippen LogP contribution in [0.4, 0.5) is 10.5 Å². The van der Waals surface area contributed by atoms with Gasteiger partial charge in [0, 0.05) is 25.5 Å². The standard InChI is InChI=1S/C24H36N6O2.HI/c1-24(2,3)32-23(31)28-19-11-9-18(10-12-19)13-15-26-22(25-4)27-17-20-14-16-30(29-20)21-7-5-6-8-21;/h9-12,14,16,21H,5-8,13,15,17H2,1-4H3,(H,28,31)(H2,25,26,27);1H. The Kier molecular flexibility index (Phi) is 10.5. The van der Waals surface area contributed by atoms with Gasteiger partial charge >= 0.3 is 6.09 Å². The summed E-state index contributed by atoms with van der Waals surface area (Å²) in [5, 5.41) is 14.1. The van der Waals surface area contributed by atoms with Crippen molar-refractivity contribution >= 4 is 41.7 Å². The van der Waals surface area contributed by atoms with Crippen molar-refractivity contribution < 1.29 is 9.53 Å². The zero-order valence-electron chi connectivity index (χ0n) is 20.1. The van der Waals surface area contributed by atoms with Crippen LogP contribution in [0.3, 0.4) is 0 Å². The van der Waals surface area contributed by atoms with Crippen LogP contribution in [0.15, 0.2) is 41.5 Å². The number of carbonyl (C=O) groups excluding carboxylic acids is 1. The van der Waals surface area contributed by atoms with E-state index >= 15 is 0 Å². The molecule has 1 aliphatic rings. The van der Waals surface area contributed by atoms with Gasteiger partial charge < -0.3 is 15.4 Å². The Bertz CT molecular complexity index is 898. The number of hydrogen-bond acceptors (Lipinski definition) is 4. The number of amides is 1. The number of benzene rings is 1. The van der Waals surface area contributed by atoms with Crippen LogP contribution in [0, 0.1) is 0 Å². The van der Waals surface area contributed by atoms with Crippen molar-refractivity contribution in [2.24, 2.45) is 4.99 Å². The number of aromatic nitrogens is 2. The van der Waals surface area contributed by atoms with E-state index in [0.29, 0.717) is 18.3 Å². The quantitative estimate of drug-likeness (QED) is 0.252. The number of aliphatic imine (C=N–C) groups is 1. The van der Waals surface area contributed by atoms with Crippen molar-refractivity contribution in [1.82, 2.24) is 20.4 Å². The van der Waals surface area contributed by atoms with Gasteiger partial charge in [-0.05, 0) is 63.8 Å². The molecular weight excluding hydrogens is 531 g/mol. The first-order valence-corrected chi connectivity index (χ1v) is 11.4. The second kappa shape index (κ2) is 12.8. The molecule has 0 radical (unpaired) electrons. The zero-order chi connectivity index (χ0) is 23.0. The molecule has 1 amide bonds. The van der Waals surface area contributed by atoms with Gasteiger partial charge in [-0.25, -0.2) is 4.79 Å². The summed E-state index contributed by atoms with van der Waals surface area (Å²) in [4.78, 5) is 16.1. The fraction of sp³-hybridized carbons (Fsp3) is 0.542. The first-order chi connectivity index (χ1) is 15.3. The second-order valence-electron chi connectivity index (χ2n) is 9.15. The molecule has 8 nitrogen and oxygen atoms in total. The average Bonchev–Trinajstić information content (AvgIpc) is 3.42. The molecule has 0 saturated heterocycles. The van der Waals surface area contributed by atoms with Crippen LogP contribution in [0.1, 0.15) is 63.8 Å². The van der Waals surface area contributed by atoms with E-state index in [2.05, 4.69) is 37.9 Å². The maximum atomic E-state index is 11.9. The van der Waals surface area contributed by atoms with E-state index in [4.69, 9.17) is 9.84 Å². The minimum atomic E-state index is -0.516. The third-order valence-corrected chi connectivity index (χ3v) is 5.33. The number of carbonyl (C=O) groups is 1. The highest BCUT2D eigenvalue weighted by Gasteiger charge is 2.18. The molecule has 1 aliphatic carbocycles. The van der Waals surface area contributed by atoms with Crippen LogP contribution >= 0.6 is 24.0 Å². The molecule has 3 rings (SSSR count). The van der Waals surface area contributed by atoms with Gasteiger partial charge in [-0.15, -0.1) is 24.0 Å². The van der Waals surface area contributed by atoms with E-state index < -0.39 is 11.7 Å². The van der Waals surface area contributed by atoms with Gasteiger partial charge in [0.2, 0.25) is 0 Å². The predicted molar refractivity (Wildman–Crippen MR) is 143 cm³/mol. The van der Waals surface area contributed by atoms with Crippen LogP contribution in [-0.2, 0) is 17.7 Å². The van der Waals surface area contributed by atoms with Crippen LogP contribution in [-0.4, -0.2) is 41.0 Å². The topological polar surface area (TPSA) is 92.6 Å². The van der Waals surface area contributed by atoms with Gasteiger partial charge in [0.25, 0.3) is 0 Å². The third kappa shape index (κ3) is 9.23. The van der Waals surface area contributed by atoms with Gasteiger partial charge in [0.15, 0.2) is 5.96 Å². The summed E-state index contributed by atoms with van der Waals surface area (Å²) in [5.74, 6) is 0.753. The van der Waals surface area contributed by atoms with Crippen molar-refractivity contribution in [1.29, 1.82) is 0 Å². The molecule has 0 spiro atoms. The minimum absolute atomic E-state index is 0. The lowest BCUT2D eigenvalue weighted by Gasteiger charge is -2.19. The number of ether oxygens (including phenoxy) is 1. The maximum absolute atomic E-state index is 11.9. The number of anilines is 1. The van der Waals surface area contributed by atoms with Crippen LogP contribution in [0.2, 0.25) is 0 Å². The summed E-state index contributed by atoms with van der Waals surface area (Å²) in [7, 11) is 1.77. The van der Waals surface area contributed by atoms with Gasteiger partial charge in [-0.1, -0.05) is 25.0 Å². The Morgan fingerprint density at radius 2 is 1.85 bits per heavy atom. The number of nitrogens with zero attached hydrogens (tertiary/aromatic N) is 3. The number of rotatable bonds is 7. The molecule has 0 unspecified atom stereocenters. The summed E-state index contributed by atoms with van der Waals surface area (Å²) in [6.45, 7) is 6.91. The van der Waals surface area contributed by atoms with E-state index in [1.165, 1.54) is 25.7 Å². The average molecular weight is 569 g/mol. The molecule has 1 fully saturated rings. The van der Waals surface area contributed by atoms with E-state index in [-0.39, 0.29) is 24.0 Å². The lowest BCUT2D eigenvalue weighted by molar-refractivity contribution is 0.0636. The highest BCUT2D eigenvalue weighted by atomic mass is 127. The molecule has 33 heavy (non-hydrogen) atoms. The molecule has 1 saturated carbocycles. The third-order valence-electron chi connectivity index (χ3n) is 5.33. The lowest BCUT2D eigenvalue weighted by Crippen LogP contribution is -2.38. The summed E-state index contributed by atoms with van der Waals surface area (Å²) in [6.07, 6.45) is 7.55. The van der Waals surface area contributed by atoms with Gasteiger partial charge in [-0.3, -0.25) is 15.0 Å². The summed E-state index contributed by atoms with van der Waals surface area (Å²) in [5.41, 5.74) is 2.38. The molecule has 1 aromatic heterocycles. The Hall–Kier alpha value is -2.30. The molecule has 182 valence electrons. The van der Waals surface area contributed by atoms with E-state index in [0.717, 1.165) is 30.2 Å². The van der Waals surface area contributed by atoms with Crippen LogP contribution in [0.25, 0.3) is 0 Å². The number of hydrogen-bond donors (Lipinski definition) is 3. The second-order valence-corrected chi connectivity index (χ2v) is 9.15. The van der Waals surface area contributed by atoms with E-state index in [1.807, 2.05) is 45.0 Å². The maximum Gasteiger partial charge on any atom is 0.412 e. The molecule has 0 atom stereocenters. The lowest BCUT2D eigenvalue weighted by atomic mass is 10.1. The molecule has 1 heterocycles. The minimum Gasteiger partial charge on any atom is -0.444 e. The summed E-state index contributed by atoms with van der Waals surface area (Å²) in [6, 6.07) is 10.4. The summed E-state index contributed by atoms with van der Waals surface area (Å²) < 4.78 is 7.38. The first-order valence-electron chi connectivity index (χ1n) is 11.4. The van der Waals surface area contributed by atoms with Gasteiger partial charge in [0.1, 0.15) is 5.60 Å². The SMILES string of the molecule is CN=C(NCCc1ccc(NC(=O)OC(C)(C)C)cc1)NCc1ccn(C2CCCC2)n1.I. The van der Waals surface area contributed by atoms with Crippen LogP contribution in [0.5, 0.6) is 0 Å². The Morgan fingerprint density at radius 1 is 1.15 bits per heavy atom. The smallest absolute Gasteiger partial charge is 0.412 e. The van der Waals surface area contributed by atoms with Crippen molar-refractivity contribution in [2.75, 3.05) is 18.9 Å². The largest absolute Gasteiger partial charge is 0.444 e. The van der Waals surface area contributed by atoms with Crippen molar-refractivity contribution in [3.05, 3.63) is 47.8 Å². The molecule has 1 aromatic carbocycles. The van der Waals surface area contributed by atoms with E-state index in [1.54, 1.807) is 7.05 Å².